The maximum atomic E-state index is 12.0. The van der Waals surface area contributed by atoms with Gasteiger partial charge in [0.25, 0.3) is 10.1 Å². The van der Waals surface area contributed by atoms with Crippen molar-refractivity contribution in [3.05, 3.63) is 111 Å². The van der Waals surface area contributed by atoms with Crippen LogP contribution in [0.2, 0.25) is 5.02 Å². The second-order valence-corrected chi connectivity index (χ2v) is 11.4. The summed E-state index contributed by atoms with van der Waals surface area (Å²) in [5, 5.41) is 23.0. The molecule has 0 atom stereocenters. The van der Waals surface area contributed by atoms with Crippen LogP contribution in [0.25, 0.3) is 22.2 Å². The van der Waals surface area contributed by atoms with Crippen molar-refractivity contribution in [2.24, 2.45) is 0 Å². The van der Waals surface area contributed by atoms with Crippen molar-refractivity contribution in [2.75, 3.05) is 12.3 Å². The summed E-state index contributed by atoms with van der Waals surface area (Å²) < 4.78 is 48.0. The van der Waals surface area contributed by atoms with Gasteiger partial charge in [-0.15, -0.1) is 0 Å². The Hall–Kier alpha value is -4.56. The quantitative estimate of drug-likeness (QED) is 0.0725. The largest absolute Gasteiger partial charge is 0.488 e. The van der Waals surface area contributed by atoms with Crippen LogP contribution in [0.4, 0.5) is 5.69 Å². The number of benzene rings is 4. The molecule has 2 N–H and O–H groups in total. The number of ether oxygens (including phenoxy) is 2. The molecular weight excluding hydrogens is 600 g/mol. The molecule has 0 aliphatic heterocycles. The molecule has 0 amide bonds. The molecule has 0 unspecified atom stereocenters. The van der Waals surface area contributed by atoms with Gasteiger partial charge in [0.15, 0.2) is 0 Å². The Balaban J connectivity index is 1.42. The van der Waals surface area contributed by atoms with Crippen LogP contribution in [0.3, 0.4) is 0 Å². The molecule has 0 saturated carbocycles. The van der Waals surface area contributed by atoms with E-state index in [-0.39, 0.29) is 43.5 Å². The Bertz CT molecular complexity index is 1870. The number of aromatic nitrogens is 2. The molecule has 4 aromatic carbocycles. The van der Waals surface area contributed by atoms with E-state index in [4.69, 9.17) is 30.3 Å². The third-order valence-corrected chi connectivity index (χ3v) is 7.62. The minimum Gasteiger partial charge on any atom is -0.488 e. The number of hydrogen-bond donors (Lipinski definition) is 2. The molecule has 5 aromatic rings. The summed E-state index contributed by atoms with van der Waals surface area (Å²) in [5.74, 6) is -0.303. The number of halogens is 1. The van der Waals surface area contributed by atoms with E-state index in [1.165, 1.54) is 12.1 Å². The van der Waals surface area contributed by atoms with E-state index in [0.717, 1.165) is 16.7 Å². The van der Waals surface area contributed by atoms with E-state index in [9.17, 15) is 18.5 Å². The summed E-state index contributed by atoms with van der Waals surface area (Å²) >= 11 is 6.70. The molecule has 222 valence electrons. The number of nitrogens with one attached hydrogen (secondary N) is 1. The lowest BCUT2D eigenvalue weighted by molar-refractivity contribution is -0.386. The van der Waals surface area contributed by atoms with Crippen molar-refractivity contribution in [3.63, 3.8) is 0 Å². The van der Waals surface area contributed by atoms with Crippen LogP contribution in [0.1, 0.15) is 16.7 Å². The van der Waals surface area contributed by atoms with Crippen LogP contribution in [0, 0.1) is 10.1 Å². The van der Waals surface area contributed by atoms with Crippen LogP contribution < -0.4 is 14.8 Å². The Morgan fingerprint density at radius 3 is 2.44 bits per heavy atom. The number of nitrogens with zero attached hydrogens (tertiary/aromatic N) is 3. The summed E-state index contributed by atoms with van der Waals surface area (Å²) in [6.45, 7) is -0.0514. The topological polar surface area (TPSA) is 167 Å². The molecule has 0 fully saturated rings. The fourth-order valence-electron chi connectivity index (χ4n) is 4.31. The predicted octanol–water partition coefficient (Wildman–Crippen LogP) is 5.59. The Morgan fingerprint density at radius 2 is 1.67 bits per heavy atom. The molecule has 0 saturated heterocycles. The van der Waals surface area contributed by atoms with Crippen molar-refractivity contribution in [3.8, 4) is 22.6 Å². The fraction of sp³-hybridized carbons (Fsp3) is 0.172. The molecule has 0 aliphatic carbocycles. The zero-order valence-electron chi connectivity index (χ0n) is 22.5. The summed E-state index contributed by atoms with van der Waals surface area (Å²) in [6, 6.07) is 23.0. The monoisotopic (exact) mass is 624 g/mol. The zero-order valence-corrected chi connectivity index (χ0v) is 24.0. The highest BCUT2D eigenvalue weighted by Crippen LogP contribution is 2.37. The van der Waals surface area contributed by atoms with Crippen molar-refractivity contribution in [1.29, 1.82) is 0 Å². The standard InChI is InChI=1S/C29H25ClN4O8S/c30-29-21(7-4-8-23(29)20-5-2-1-3-6-20)18-41-28-15-27(40-17-19-9-10-24-25(13-19)33-42-32-24)22(14-26(28)34(35)36)16-31-11-12-43(37,38)39/h1-10,13-15,31H,11-12,16-18H2,(H,37,38,39). The summed E-state index contributed by atoms with van der Waals surface area (Å²) in [6.07, 6.45) is 0. The highest BCUT2D eigenvalue weighted by molar-refractivity contribution is 7.85. The second-order valence-electron chi connectivity index (χ2n) is 9.46. The Morgan fingerprint density at radius 1 is 0.907 bits per heavy atom. The summed E-state index contributed by atoms with van der Waals surface area (Å²) in [5.41, 5.74) is 4.26. The minimum absolute atomic E-state index is 0.0170. The number of hydrogen-bond acceptors (Lipinski definition) is 10. The van der Waals surface area contributed by atoms with Crippen molar-refractivity contribution in [1.82, 2.24) is 15.6 Å². The van der Waals surface area contributed by atoms with E-state index in [1.807, 2.05) is 42.5 Å². The molecule has 0 aliphatic rings. The molecular formula is C29H25ClN4O8S. The second kappa shape index (κ2) is 13.2. The highest BCUT2D eigenvalue weighted by Gasteiger charge is 2.22. The van der Waals surface area contributed by atoms with Gasteiger partial charge in [-0.25, -0.2) is 4.63 Å². The molecule has 5 rings (SSSR count). The van der Waals surface area contributed by atoms with Gasteiger partial charge in [-0.2, -0.15) is 8.42 Å². The number of nitro benzene ring substituents is 1. The van der Waals surface area contributed by atoms with Crippen LogP contribution in [-0.2, 0) is 29.9 Å². The zero-order chi connectivity index (χ0) is 30.4. The molecule has 0 spiro atoms. The molecule has 0 radical (unpaired) electrons. The van der Waals surface area contributed by atoms with Gasteiger partial charge in [0.2, 0.25) is 5.75 Å². The Labute approximate surface area is 251 Å². The molecule has 43 heavy (non-hydrogen) atoms. The third-order valence-electron chi connectivity index (χ3n) is 6.45. The van der Waals surface area contributed by atoms with Gasteiger partial charge in [-0.05, 0) is 33.6 Å². The average Bonchev–Trinajstić information content (AvgIpc) is 3.46. The number of rotatable bonds is 13. The fourth-order valence-corrected chi connectivity index (χ4v) is 5.01. The van der Waals surface area contributed by atoms with Crippen molar-refractivity contribution in [2.45, 2.75) is 19.8 Å². The first-order valence-corrected chi connectivity index (χ1v) is 14.9. The van der Waals surface area contributed by atoms with Gasteiger partial charge in [0, 0.05) is 41.9 Å². The first-order chi connectivity index (χ1) is 20.7. The van der Waals surface area contributed by atoms with Crippen LogP contribution >= 0.6 is 11.6 Å². The maximum absolute atomic E-state index is 12.0. The lowest BCUT2D eigenvalue weighted by Gasteiger charge is -2.16. The average molecular weight is 625 g/mol. The van der Waals surface area contributed by atoms with Gasteiger partial charge < -0.3 is 14.8 Å². The number of nitro groups is 1. The van der Waals surface area contributed by atoms with E-state index in [0.29, 0.717) is 27.2 Å². The lowest BCUT2D eigenvalue weighted by atomic mass is 10.0. The predicted molar refractivity (Wildman–Crippen MR) is 159 cm³/mol. The summed E-state index contributed by atoms with van der Waals surface area (Å²) in [4.78, 5) is 11.5. The molecule has 1 aromatic heterocycles. The van der Waals surface area contributed by atoms with E-state index < -0.39 is 20.8 Å². The molecule has 1 heterocycles. The number of fused-ring (bicyclic) bond motifs is 1. The van der Waals surface area contributed by atoms with Crippen LogP contribution in [0.5, 0.6) is 11.5 Å². The van der Waals surface area contributed by atoms with Gasteiger partial charge in [-0.3, -0.25) is 14.7 Å². The van der Waals surface area contributed by atoms with Crippen molar-refractivity contribution < 1.29 is 32.0 Å². The Kier molecular flexibility index (Phi) is 9.16. The normalized spacial score (nSPS) is 11.5. The minimum atomic E-state index is -4.19. The first kappa shape index (κ1) is 29.9. The van der Waals surface area contributed by atoms with Gasteiger partial charge in [-0.1, -0.05) is 66.2 Å². The summed E-state index contributed by atoms with van der Waals surface area (Å²) in [7, 11) is -4.19. The van der Waals surface area contributed by atoms with E-state index in [2.05, 4.69) is 15.6 Å². The van der Waals surface area contributed by atoms with E-state index >= 15 is 0 Å². The third kappa shape index (κ3) is 7.64. The van der Waals surface area contributed by atoms with Crippen LogP contribution in [-0.4, -0.2) is 40.5 Å². The van der Waals surface area contributed by atoms with Crippen LogP contribution in [0.15, 0.2) is 83.5 Å². The van der Waals surface area contributed by atoms with Gasteiger partial charge >= 0.3 is 5.69 Å². The van der Waals surface area contributed by atoms with Crippen molar-refractivity contribution >= 4 is 38.4 Å². The molecule has 0 bridgehead atoms. The smallest absolute Gasteiger partial charge is 0.311 e. The SMILES string of the molecule is O=[N+]([O-])c1cc(CNCCS(=O)(=O)O)c(OCc2ccc3nonc3c2)cc1OCc1cccc(-c2ccccc2)c1Cl. The van der Waals surface area contributed by atoms with E-state index in [1.54, 1.807) is 24.3 Å². The first-order valence-electron chi connectivity index (χ1n) is 12.9. The lowest BCUT2D eigenvalue weighted by Crippen LogP contribution is -2.22. The van der Waals surface area contributed by atoms with Gasteiger partial charge in [0.05, 0.1) is 15.7 Å². The molecule has 12 nitrogen and oxygen atoms in total. The van der Waals surface area contributed by atoms with Gasteiger partial charge in [0.1, 0.15) is 30.0 Å². The molecule has 14 heteroatoms. The maximum Gasteiger partial charge on any atom is 0.311 e. The highest BCUT2D eigenvalue weighted by atomic mass is 35.5.